The Morgan fingerprint density at radius 2 is 1.80 bits per heavy atom. The molecule has 1 saturated heterocycles. The third kappa shape index (κ3) is 2.08. The highest BCUT2D eigenvalue weighted by Crippen LogP contribution is 2.37. The molecule has 1 heterocycles. The first-order chi connectivity index (χ1) is 6.90. The molecule has 0 bridgehead atoms. The van der Waals surface area contributed by atoms with Gasteiger partial charge in [0.2, 0.25) is 5.91 Å². The van der Waals surface area contributed by atoms with Gasteiger partial charge in [0.25, 0.3) is 6.43 Å². The van der Waals surface area contributed by atoms with Crippen molar-refractivity contribution in [3.63, 3.8) is 0 Å². The predicted molar refractivity (Wildman–Crippen MR) is 47.6 cm³/mol. The average Bonchev–Trinajstić information content (AvgIpc) is 2.17. The lowest BCUT2D eigenvalue weighted by molar-refractivity contribution is -0.166. The van der Waals surface area contributed by atoms with Crippen LogP contribution in [0, 0.1) is 5.41 Å². The molecular formula is C9H13F2NO3. The van der Waals surface area contributed by atoms with E-state index < -0.39 is 17.8 Å². The maximum absolute atomic E-state index is 12.7. The lowest BCUT2D eigenvalue weighted by Gasteiger charge is -2.37. The van der Waals surface area contributed by atoms with Gasteiger partial charge in [0, 0.05) is 20.0 Å². The van der Waals surface area contributed by atoms with Gasteiger partial charge in [0.05, 0.1) is 0 Å². The lowest BCUT2D eigenvalue weighted by atomic mass is 9.79. The van der Waals surface area contributed by atoms with Crippen molar-refractivity contribution in [3.8, 4) is 0 Å². The summed E-state index contributed by atoms with van der Waals surface area (Å²) < 4.78 is 25.3. The van der Waals surface area contributed by atoms with Crippen LogP contribution in [0.2, 0.25) is 0 Å². The number of amides is 1. The summed E-state index contributed by atoms with van der Waals surface area (Å²) in [7, 11) is 0. The van der Waals surface area contributed by atoms with Gasteiger partial charge in [-0.05, 0) is 12.8 Å². The van der Waals surface area contributed by atoms with Crippen molar-refractivity contribution in [2.24, 2.45) is 5.41 Å². The Labute approximate surface area is 85.9 Å². The van der Waals surface area contributed by atoms with Crippen LogP contribution in [0.15, 0.2) is 0 Å². The molecular weight excluding hydrogens is 208 g/mol. The van der Waals surface area contributed by atoms with Crippen LogP contribution < -0.4 is 0 Å². The molecule has 0 aromatic rings. The minimum absolute atomic E-state index is 0.0893. The second-order valence-electron chi connectivity index (χ2n) is 3.77. The molecule has 0 aliphatic carbocycles. The van der Waals surface area contributed by atoms with Crippen LogP contribution in [-0.4, -0.2) is 41.4 Å². The Morgan fingerprint density at radius 1 is 1.33 bits per heavy atom. The molecule has 0 radical (unpaired) electrons. The van der Waals surface area contributed by atoms with E-state index in [-0.39, 0.29) is 31.8 Å². The molecule has 0 aromatic carbocycles. The molecule has 6 heteroatoms. The molecule has 0 saturated carbocycles. The van der Waals surface area contributed by atoms with E-state index in [0.717, 1.165) is 0 Å². The smallest absolute Gasteiger partial charge is 0.315 e. The van der Waals surface area contributed by atoms with Crippen molar-refractivity contribution in [1.82, 2.24) is 4.90 Å². The van der Waals surface area contributed by atoms with E-state index in [0.29, 0.717) is 0 Å². The Bertz CT molecular complexity index is 273. The van der Waals surface area contributed by atoms with Crippen LogP contribution in [0.3, 0.4) is 0 Å². The van der Waals surface area contributed by atoms with Crippen molar-refractivity contribution in [3.05, 3.63) is 0 Å². The van der Waals surface area contributed by atoms with Crippen molar-refractivity contribution in [2.45, 2.75) is 26.2 Å². The minimum atomic E-state index is -2.89. The summed E-state index contributed by atoms with van der Waals surface area (Å²) in [6, 6.07) is 0. The van der Waals surface area contributed by atoms with Crippen LogP contribution >= 0.6 is 0 Å². The lowest BCUT2D eigenvalue weighted by Crippen LogP contribution is -2.49. The predicted octanol–water partition coefficient (Wildman–Crippen LogP) is 0.965. The zero-order valence-corrected chi connectivity index (χ0v) is 8.37. The molecule has 1 amide bonds. The van der Waals surface area contributed by atoms with Crippen LogP contribution in [0.25, 0.3) is 0 Å². The summed E-state index contributed by atoms with van der Waals surface area (Å²) in [4.78, 5) is 23.1. The largest absolute Gasteiger partial charge is 0.481 e. The summed E-state index contributed by atoms with van der Waals surface area (Å²) >= 11 is 0. The van der Waals surface area contributed by atoms with Gasteiger partial charge in [0.15, 0.2) is 0 Å². The zero-order chi connectivity index (χ0) is 11.6. The Balaban J connectivity index is 2.74. The standard InChI is InChI=1S/C9H13F2NO3/c1-6(13)12-4-2-9(3-5-12,7(10)11)8(14)15/h7H,2-5H2,1H3,(H,14,15). The maximum atomic E-state index is 12.7. The minimum Gasteiger partial charge on any atom is -0.481 e. The Hall–Kier alpha value is -1.20. The normalized spacial score (nSPS) is 20.4. The summed E-state index contributed by atoms with van der Waals surface area (Å²) in [5, 5.41) is 8.80. The Morgan fingerprint density at radius 3 is 2.07 bits per heavy atom. The van der Waals surface area contributed by atoms with E-state index in [1.54, 1.807) is 0 Å². The van der Waals surface area contributed by atoms with Gasteiger partial charge < -0.3 is 10.0 Å². The topological polar surface area (TPSA) is 57.6 Å². The zero-order valence-electron chi connectivity index (χ0n) is 8.37. The fourth-order valence-corrected chi connectivity index (χ4v) is 1.75. The molecule has 1 aliphatic rings. The molecule has 1 aliphatic heterocycles. The Kier molecular flexibility index (Phi) is 3.26. The number of hydrogen-bond donors (Lipinski definition) is 1. The monoisotopic (exact) mass is 221 g/mol. The molecule has 1 N–H and O–H groups in total. The van der Waals surface area contributed by atoms with E-state index in [2.05, 4.69) is 0 Å². The van der Waals surface area contributed by atoms with Crippen LogP contribution in [-0.2, 0) is 9.59 Å². The first-order valence-electron chi connectivity index (χ1n) is 4.67. The van der Waals surface area contributed by atoms with E-state index in [1.165, 1.54) is 11.8 Å². The summed E-state index contributed by atoms with van der Waals surface area (Å²) in [6.45, 7) is 1.52. The number of likely N-dealkylation sites (tertiary alicyclic amines) is 1. The summed E-state index contributed by atoms with van der Waals surface area (Å²) in [5.74, 6) is -1.68. The number of carbonyl (C=O) groups excluding carboxylic acids is 1. The highest BCUT2D eigenvalue weighted by molar-refractivity contribution is 5.77. The first-order valence-corrected chi connectivity index (χ1v) is 4.67. The van der Waals surface area contributed by atoms with E-state index in [9.17, 15) is 18.4 Å². The van der Waals surface area contributed by atoms with Gasteiger partial charge in [-0.25, -0.2) is 8.78 Å². The van der Waals surface area contributed by atoms with Crippen LogP contribution in [0.5, 0.6) is 0 Å². The number of halogens is 2. The first kappa shape index (κ1) is 11.9. The quantitative estimate of drug-likeness (QED) is 0.755. The molecule has 15 heavy (non-hydrogen) atoms. The van der Waals surface area contributed by atoms with E-state index in [1.807, 2.05) is 0 Å². The molecule has 0 spiro atoms. The fraction of sp³-hybridized carbons (Fsp3) is 0.778. The summed E-state index contributed by atoms with van der Waals surface area (Å²) in [5.41, 5.74) is -1.97. The number of rotatable bonds is 2. The van der Waals surface area contributed by atoms with Gasteiger partial charge in [-0.1, -0.05) is 0 Å². The highest BCUT2D eigenvalue weighted by atomic mass is 19.3. The fourth-order valence-electron chi connectivity index (χ4n) is 1.75. The average molecular weight is 221 g/mol. The third-order valence-corrected chi connectivity index (χ3v) is 2.94. The second-order valence-corrected chi connectivity index (χ2v) is 3.77. The van der Waals surface area contributed by atoms with E-state index in [4.69, 9.17) is 5.11 Å². The molecule has 0 atom stereocenters. The van der Waals surface area contributed by atoms with Crippen LogP contribution in [0.1, 0.15) is 19.8 Å². The maximum Gasteiger partial charge on any atom is 0.315 e. The second kappa shape index (κ2) is 4.12. The number of aliphatic carboxylic acids is 1. The number of nitrogens with zero attached hydrogens (tertiary/aromatic N) is 1. The van der Waals surface area contributed by atoms with Gasteiger partial charge in [-0.2, -0.15) is 0 Å². The third-order valence-electron chi connectivity index (χ3n) is 2.94. The SMILES string of the molecule is CC(=O)N1CCC(C(=O)O)(C(F)F)CC1. The van der Waals surface area contributed by atoms with Crippen molar-refractivity contribution in [2.75, 3.05) is 13.1 Å². The number of piperidine rings is 1. The van der Waals surface area contributed by atoms with Crippen LogP contribution in [0.4, 0.5) is 8.78 Å². The molecule has 4 nitrogen and oxygen atoms in total. The molecule has 86 valence electrons. The highest BCUT2D eigenvalue weighted by Gasteiger charge is 2.49. The number of carboxylic acids is 1. The molecule has 1 rings (SSSR count). The number of carboxylic acid groups (broad SMARTS) is 1. The van der Waals surface area contributed by atoms with Crippen molar-refractivity contribution < 1.29 is 23.5 Å². The number of carbonyl (C=O) groups is 2. The molecule has 0 aromatic heterocycles. The van der Waals surface area contributed by atoms with Gasteiger partial charge >= 0.3 is 5.97 Å². The van der Waals surface area contributed by atoms with Gasteiger partial charge in [-0.3, -0.25) is 9.59 Å². The van der Waals surface area contributed by atoms with Gasteiger partial charge in [-0.15, -0.1) is 0 Å². The van der Waals surface area contributed by atoms with E-state index >= 15 is 0 Å². The van der Waals surface area contributed by atoms with Gasteiger partial charge in [0.1, 0.15) is 5.41 Å². The van der Waals surface area contributed by atoms with Crippen molar-refractivity contribution in [1.29, 1.82) is 0 Å². The molecule has 0 unspecified atom stereocenters. The summed E-state index contributed by atoms with van der Waals surface area (Å²) in [6.07, 6.45) is -3.25. The number of alkyl halides is 2. The molecule has 1 fully saturated rings. The number of hydrogen-bond acceptors (Lipinski definition) is 2. The van der Waals surface area contributed by atoms with Crippen molar-refractivity contribution >= 4 is 11.9 Å².